The molecular weight excluding hydrogens is 466 g/mol. The summed E-state index contributed by atoms with van der Waals surface area (Å²) in [5.41, 5.74) is 1.58. The van der Waals surface area contributed by atoms with Crippen molar-refractivity contribution in [3.8, 4) is 17.6 Å². The van der Waals surface area contributed by atoms with Gasteiger partial charge in [0.2, 0.25) is 0 Å². The van der Waals surface area contributed by atoms with E-state index >= 15 is 0 Å². The molecule has 1 N–H and O–H groups in total. The summed E-state index contributed by atoms with van der Waals surface area (Å²) in [4.78, 5) is 38.6. The van der Waals surface area contributed by atoms with Crippen molar-refractivity contribution in [3.05, 3.63) is 57.6 Å². The fourth-order valence-corrected chi connectivity index (χ4v) is 3.51. The molecule has 1 saturated heterocycles. The highest BCUT2D eigenvalue weighted by Crippen LogP contribution is 2.37. The van der Waals surface area contributed by atoms with Crippen molar-refractivity contribution in [1.82, 2.24) is 5.32 Å². The van der Waals surface area contributed by atoms with Crippen molar-refractivity contribution in [1.29, 1.82) is 5.26 Å². The van der Waals surface area contributed by atoms with Crippen LogP contribution in [0.2, 0.25) is 0 Å². The minimum atomic E-state index is -0.813. The SMILES string of the molecule is CCOc1cc(/C=C2\C(=O)NC(=O)N(c3ccc(C)cc3)C2=O)cc(Br)c1OCC#N. The number of halogens is 1. The molecule has 4 amide bonds. The second kappa shape index (κ2) is 9.45. The Bertz CT molecular complexity index is 1120. The van der Waals surface area contributed by atoms with E-state index in [-0.39, 0.29) is 12.2 Å². The van der Waals surface area contributed by atoms with Gasteiger partial charge in [0.25, 0.3) is 11.8 Å². The van der Waals surface area contributed by atoms with Gasteiger partial charge < -0.3 is 9.47 Å². The Morgan fingerprint density at radius 2 is 1.87 bits per heavy atom. The molecule has 0 saturated carbocycles. The highest BCUT2D eigenvalue weighted by molar-refractivity contribution is 9.10. The molecular formula is C22H18BrN3O5. The van der Waals surface area contributed by atoms with E-state index in [1.807, 2.05) is 13.0 Å². The summed E-state index contributed by atoms with van der Waals surface area (Å²) in [7, 11) is 0. The summed E-state index contributed by atoms with van der Waals surface area (Å²) in [6, 6.07) is 11.1. The highest BCUT2D eigenvalue weighted by atomic mass is 79.9. The van der Waals surface area contributed by atoms with Gasteiger partial charge in [0.1, 0.15) is 11.6 Å². The van der Waals surface area contributed by atoms with Crippen molar-refractivity contribution in [2.75, 3.05) is 18.1 Å². The summed E-state index contributed by atoms with van der Waals surface area (Å²) in [5.74, 6) is -0.857. The van der Waals surface area contributed by atoms with Crippen LogP contribution >= 0.6 is 15.9 Å². The third-order valence-electron chi connectivity index (χ3n) is 4.32. The number of carbonyl (C=O) groups is 3. The number of ether oxygens (including phenoxy) is 2. The van der Waals surface area contributed by atoms with Crippen molar-refractivity contribution in [2.24, 2.45) is 0 Å². The third kappa shape index (κ3) is 4.75. The second-order valence-corrected chi connectivity index (χ2v) is 7.36. The Labute approximate surface area is 187 Å². The van der Waals surface area contributed by atoms with Gasteiger partial charge in [-0.2, -0.15) is 5.26 Å². The molecule has 0 unspecified atom stereocenters. The third-order valence-corrected chi connectivity index (χ3v) is 4.91. The maximum atomic E-state index is 13.0. The van der Waals surface area contributed by atoms with E-state index in [2.05, 4.69) is 21.2 Å². The minimum Gasteiger partial charge on any atom is -0.490 e. The molecule has 0 bridgehead atoms. The van der Waals surface area contributed by atoms with Crippen LogP contribution in [-0.2, 0) is 9.59 Å². The van der Waals surface area contributed by atoms with E-state index in [1.165, 1.54) is 6.08 Å². The number of rotatable bonds is 6. The van der Waals surface area contributed by atoms with E-state index in [0.717, 1.165) is 10.5 Å². The Morgan fingerprint density at radius 1 is 1.16 bits per heavy atom. The zero-order valence-electron chi connectivity index (χ0n) is 16.8. The average molecular weight is 484 g/mol. The fourth-order valence-electron chi connectivity index (χ4n) is 2.93. The van der Waals surface area contributed by atoms with E-state index in [1.54, 1.807) is 43.3 Å². The summed E-state index contributed by atoms with van der Waals surface area (Å²) in [6.45, 7) is 3.84. The fraction of sp³-hybridized carbons (Fsp3) is 0.182. The molecule has 0 radical (unpaired) electrons. The van der Waals surface area contributed by atoms with Gasteiger partial charge in [-0.25, -0.2) is 9.69 Å². The van der Waals surface area contributed by atoms with Crippen molar-refractivity contribution >= 4 is 45.5 Å². The summed E-state index contributed by atoms with van der Waals surface area (Å²) >= 11 is 3.36. The largest absolute Gasteiger partial charge is 0.490 e. The molecule has 1 aliphatic heterocycles. The van der Waals surface area contributed by atoms with Crippen LogP contribution in [0, 0.1) is 18.3 Å². The lowest BCUT2D eigenvalue weighted by Gasteiger charge is -2.26. The zero-order valence-corrected chi connectivity index (χ0v) is 18.4. The standard InChI is InChI=1S/C22H18BrN3O5/c1-3-30-18-12-14(11-17(23)19(18)31-9-8-24)10-16-20(27)25-22(29)26(21(16)28)15-6-4-13(2)5-7-15/h4-7,10-12H,3,9H2,1-2H3,(H,25,27,29)/b16-10+. The van der Waals surface area contributed by atoms with Crippen LogP contribution in [0.1, 0.15) is 18.1 Å². The molecule has 1 heterocycles. The predicted octanol–water partition coefficient (Wildman–Crippen LogP) is 3.73. The van der Waals surface area contributed by atoms with Crippen LogP contribution < -0.4 is 19.7 Å². The topological polar surface area (TPSA) is 109 Å². The number of hydrogen-bond donors (Lipinski definition) is 1. The van der Waals surface area contributed by atoms with E-state index in [9.17, 15) is 14.4 Å². The van der Waals surface area contributed by atoms with E-state index in [4.69, 9.17) is 14.7 Å². The van der Waals surface area contributed by atoms with Gasteiger partial charge in [0, 0.05) is 0 Å². The van der Waals surface area contributed by atoms with Gasteiger partial charge in [0.15, 0.2) is 18.1 Å². The normalized spacial score (nSPS) is 15.0. The number of aryl methyl sites for hydroxylation is 1. The molecule has 0 aliphatic carbocycles. The van der Waals surface area contributed by atoms with Gasteiger partial charge in [-0.05, 0) is 65.7 Å². The lowest BCUT2D eigenvalue weighted by atomic mass is 10.1. The molecule has 3 rings (SSSR count). The van der Waals surface area contributed by atoms with Crippen molar-refractivity contribution in [2.45, 2.75) is 13.8 Å². The molecule has 1 fully saturated rings. The monoisotopic (exact) mass is 483 g/mol. The molecule has 31 heavy (non-hydrogen) atoms. The first kappa shape index (κ1) is 22.1. The van der Waals surface area contributed by atoms with Gasteiger partial charge in [-0.1, -0.05) is 17.7 Å². The Kier molecular flexibility index (Phi) is 6.72. The Balaban J connectivity index is 2.02. The first-order chi connectivity index (χ1) is 14.8. The maximum absolute atomic E-state index is 13.0. The number of carbonyl (C=O) groups excluding carboxylic acids is 3. The Morgan fingerprint density at radius 3 is 2.52 bits per heavy atom. The van der Waals surface area contributed by atoms with Crippen LogP contribution in [-0.4, -0.2) is 31.1 Å². The molecule has 2 aromatic carbocycles. The minimum absolute atomic E-state index is 0.173. The van der Waals surface area contributed by atoms with E-state index in [0.29, 0.717) is 33.8 Å². The van der Waals surface area contributed by atoms with Crippen LogP contribution in [0.5, 0.6) is 11.5 Å². The van der Waals surface area contributed by atoms with Crippen LogP contribution in [0.3, 0.4) is 0 Å². The van der Waals surface area contributed by atoms with Gasteiger partial charge in [-0.3, -0.25) is 14.9 Å². The molecule has 0 spiro atoms. The number of urea groups is 1. The zero-order chi connectivity index (χ0) is 22.5. The first-order valence-corrected chi connectivity index (χ1v) is 10.1. The Hall–Kier alpha value is -3.64. The van der Waals surface area contributed by atoms with Crippen molar-refractivity contribution in [3.63, 3.8) is 0 Å². The number of imide groups is 2. The molecule has 8 nitrogen and oxygen atoms in total. The van der Waals surface area contributed by atoms with Crippen LogP contribution in [0.4, 0.5) is 10.5 Å². The number of hydrogen-bond acceptors (Lipinski definition) is 6. The van der Waals surface area contributed by atoms with Crippen molar-refractivity contribution < 1.29 is 23.9 Å². The smallest absolute Gasteiger partial charge is 0.335 e. The average Bonchev–Trinajstić information content (AvgIpc) is 2.72. The number of nitrogens with zero attached hydrogens (tertiary/aromatic N) is 2. The number of nitriles is 1. The lowest BCUT2D eigenvalue weighted by molar-refractivity contribution is -0.122. The molecule has 0 atom stereocenters. The second-order valence-electron chi connectivity index (χ2n) is 6.50. The number of anilines is 1. The van der Waals surface area contributed by atoms with Crippen LogP contribution in [0.15, 0.2) is 46.4 Å². The maximum Gasteiger partial charge on any atom is 0.335 e. The van der Waals surface area contributed by atoms with Crippen LogP contribution in [0.25, 0.3) is 6.08 Å². The van der Waals surface area contributed by atoms with E-state index < -0.39 is 17.8 Å². The number of amides is 4. The lowest BCUT2D eigenvalue weighted by Crippen LogP contribution is -2.54. The first-order valence-electron chi connectivity index (χ1n) is 9.30. The van der Waals surface area contributed by atoms with Gasteiger partial charge in [0.05, 0.1) is 16.8 Å². The summed E-state index contributed by atoms with van der Waals surface area (Å²) in [6.07, 6.45) is 1.37. The molecule has 158 valence electrons. The quantitative estimate of drug-likeness (QED) is 0.495. The summed E-state index contributed by atoms with van der Waals surface area (Å²) in [5, 5.41) is 11.0. The molecule has 9 heteroatoms. The number of nitrogens with one attached hydrogen (secondary N) is 1. The molecule has 2 aromatic rings. The highest BCUT2D eigenvalue weighted by Gasteiger charge is 2.36. The van der Waals surface area contributed by atoms with Gasteiger partial charge >= 0.3 is 6.03 Å². The number of benzene rings is 2. The summed E-state index contributed by atoms with van der Waals surface area (Å²) < 4.78 is 11.5. The van der Waals surface area contributed by atoms with Gasteiger partial charge in [-0.15, -0.1) is 0 Å². The predicted molar refractivity (Wildman–Crippen MR) is 117 cm³/mol. The molecule has 0 aromatic heterocycles. The number of barbiturate groups is 1. The molecule has 1 aliphatic rings.